The summed E-state index contributed by atoms with van der Waals surface area (Å²) in [5.74, 6) is 0.357. The van der Waals surface area contributed by atoms with Crippen LogP contribution in [0.25, 0.3) is 0 Å². The highest BCUT2D eigenvalue weighted by molar-refractivity contribution is 5.94. The van der Waals surface area contributed by atoms with Crippen LogP contribution in [0.4, 0.5) is 0 Å². The summed E-state index contributed by atoms with van der Waals surface area (Å²) in [6.07, 6.45) is 8.09. The van der Waals surface area contributed by atoms with Crippen molar-refractivity contribution in [3.8, 4) is 0 Å². The minimum absolute atomic E-state index is 0.0280. The van der Waals surface area contributed by atoms with E-state index in [1.165, 1.54) is 19.3 Å². The molecule has 1 N–H and O–H groups in total. The van der Waals surface area contributed by atoms with E-state index < -0.39 is 0 Å². The third-order valence-electron chi connectivity index (χ3n) is 5.81. The fraction of sp³-hybridized carbons (Fsp3) is 0.636. The van der Waals surface area contributed by atoms with Gasteiger partial charge >= 0.3 is 0 Å². The molecule has 1 heterocycles. The lowest BCUT2D eigenvalue weighted by Crippen LogP contribution is -2.46. The molecule has 2 fully saturated rings. The molecule has 0 aromatic heterocycles. The predicted molar refractivity (Wildman–Crippen MR) is 107 cm³/mol. The molecule has 3 rings (SSSR count). The van der Waals surface area contributed by atoms with Gasteiger partial charge in [-0.15, -0.1) is 0 Å². The third-order valence-corrected chi connectivity index (χ3v) is 5.81. The van der Waals surface area contributed by atoms with Crippen molar-refractivity contribution in [1.82, 2.24) is 15.1 Å². The molecular formula is C22H33N3O2. The fourth-order valence-electron chi connectivity index (χ4n) is 4.30. The average Bonchev–Trinajstić information content (AvgIpc) is 2.68. The number of rotatable bonds is 5. The maximum atomic E-state index is 12.7. The van der Waals surface area contributed by atoms with Gasteiger partial charge in [-0.3, -0.25) is 14.5 Å². The quantitative estimate of drug-likeness (QED) is 0.865. The number of nitrogens with one attached hydrogen (secondary N) is 1. The Morgan fingerprint density at radius 1 is 1.11 bits per heavy atom. The molecule has 1 aliphatic heterocycles. The van der Waals surface area contributed by atoms with E-state index in [1.807, 2.05) is 18.2 Å². The monoisotopic (exact) mass is 371 g/mol. The van der Waals surface area contributed by atoms with Crippen molar-refractivity contribution >= 4 is 11.8 Å². The molecule has 148 valence electrons. The first-order chi connectivity index (χ1) is 13.0. The van der Waals surface area contributed by atoms with E-state index in [1.54, 1.807) is 19.0 Å². The summed E-state index contributed by atoms with van der Waals surface area (Å²) in [6, 6.07) is 8.24. The summed E-state index contributed by atoms with van der Waals surface area (Å²) < 4.78 is 0. The van der Waals surface area contributed by atoms with Gasteiger partial charge in [0.1, 0.15) is 0 Å². The SMILES string of the molecule is CN(C)C(=O)c1cccc(CN2CCC[C@H](C(=O)NC3CCCCC3)C2)c1. The first-order valence-corrected chi connectivity index (χ1v) is 10.4. The van der Waals surface area contributed by atoms with Gasteiger partial charge in [0.25, 0.3) is 5.91 Å². The Balaban J connectivity index is 1.55. The topological polar surface area (TPSA) is 52.7 Å². The molecule has 1 aromatic rings. The van der Waals surface area contributed by atoms with Crippen LogP contribution in [0.5, 0.6) is 0 Å². The lowest BCUT2D eigenvalue weighted by Gasteiger charge is -2.33. The van der Waals surface area contributed by atoms with E-state index in [0.29, 0.717) is 6.04 Å². The first kappa shape index (κ1) is 19.9. The van der Waals surface area contributed by atoms with Crippen LogP contribution in [0, 0.1) is 5.92 Å². The first-order valence-electron chi connectivity index (χ1n) is 10.4. The smallest absolute Gasteiger partial charge is 0.253 e. The maximum absolute atomic E-state index is 12.7. The zero-order valence-corrected chi connectivity index (χ0v) is 16.7. The van der Waals surface area contributed by atoms with Crippen molar-refractivity contribution < 1.29 is 9.59 Å². The van der Waals surface area contributed by atoms with E-state index >= 15 is 0 Å². The number of likely N-dealkylation sites (tertiary alicyclic amines) is 1. The lowest BCUT2D eigenvalue weighted by molar-refractivity contribution is -0.127. The number of benzene rings is 1. The van der Waals surface area contributed by atoms with Gasteiger partial charge in [-0.05, 0) is 49.9 Å². The predicted octanol–water partition coefficient (Wildman–Crippen LogP) is 3.05. The minimum Gasteiger partial charge on any atom is -0.353 e. The lowest BCUT2D eigenvalue weighted by atomic mass is 9.93. The van der Waals surface area contributed by atoms with Gasteiger partial charge in [0, 0.05) is 38.8 Å². The second-order valence-electron chi connectivity index (χ2n) is 8.32. The van der Waals surface area contributed by atoms with E-state index in [2.05, 4.69) is 16.3 Å². The van der Waals surface area contributed by atoms with Crippen LogP contribution in [0.15, 0.2) is 24.3 Å². The van der Waals surface area contributed by atoms with Crippen LogP contribution in [-0.4, -0.2) is 54.8 Å². The maximum Gasteiger partial charge on any atom is 0.253 e. The molecule has 0 unspecified atom stereocenters. The van der Waals surface area contributed by atoms with Gasteiger partial charge in [0.15, 0.2) is 0 Å². The van der Waals surface area contributed by atoms with Gasteiger partial charge in [-0.25, -0.2) is 0 Å². The van der Waals surface area contributed by atoms with E-state index in [0.717, 1.165) is 56.4 Å². The van der Waals surface area contributed by atoms with Gasteiger partial charge < -0.3 is 10.2 Å². The molecule has 27 heavy (non-hydrogen) atoms. The zero-order chi connectivity index (χ0) is 19.2. The van der Waals surface area contributed by atoms with Gasteiger partial charge in [0.2, 0.25) is 5.91 Å². The largest absolute Gasteiger partial charge is 0.353 e. The molecule has 1 aliphatic carbocycles. The Morgan fingerprint density at radius 3 is 2.63 bits per heavy atom. The average molecular weight is 372 g/mol. The molecule has 1 atom stereocenters. The normalized spacial score (nSPS) is 21.6. The van der Waals surface area contributed by atoms with E-state index in [-0.39, 0.29) is 17.7 Å². The Kier molecular flexibility index (Phi) is 6.89. The molecule has 0 bridgehead atoms. The van der Waals surface area contributed by atoms with Crippen molar-refractivity contribution in [2.75, 3.05) is 27.2 Å². The highest BCUT2D eigenvalue weighted by Gasteiger charge is 2.27. The molecular weight excluding hydrogens is 338 g/mol. The zero-order valence-electron chi connectivity index (χ0n) is 16.7. The Hall–Kier alpha value is -1.88. The van der Waals surface area contributed by atoms with Gasteiger partial charge in [-0.2, -0.15) is 0 Å². The molecule has 1 aromatic carbocycles. The van der Waals surface area contributed by atoms with E-state index in [4.69, 9.17) is 0 Å². The molecule has 2 aliphatic rings. The van der Waals surface area contributed by atoms with Crippen molar-refractivity contribution in [3.05, 3.63) is 35.4 Å². The summed E-state index contributed by atoms with van der Waals surface area (Å²) in [7, 11) is 3.55. The number of nitrogens with zero attached hydrogens (tertiary/aromatic N) is 2. The second-order valence-corrected chi connectivity index (χ2v) is 8.32. The number of piperidine rings is 1. The Labute approximate surface area is 163 Å². The number of hydrogen-bond acceptors (Lipinski definition) is 3. The molecule has 5 heteroatoms. The van der Waals surface area contributed by atoms with Crippen LogP contribution < -0.4 is 5.32 Å². The summed E-state index contributed by atoms with van der Waals surface area (Å²) in [5, 5.41) is 3.29. The minimum atomic E-state index is 0.0280. The molecule has 0 radical (unpaired) electrons. The Morgan fingerprint density at radius 2 is 1.89 bits per heavy atom. The molecule has 5 nitrogen and oxygen atoms in total. The van der Waals surface area contributed by atoms with Crippen LogP contribution in [-0.2, 0) is 11.3 Å². The summed E-state index contributed by atoms with van der Waals surface area (Å²) in [6.45, 7) is 2.62. The van der Waals surface area contributed by atoms with Gasteiger partial charge in [0.05, 0.1) is 5.92 Å². The van der Waals surface area contributed by atoms with Crippen LogP contribution in [0.1, 0.15) is 60.9 Å². The fourth-order valence-corrected chi connectivity index (χ4v) is 4.30. The van der Waals surface area contributed by atoms with Crippen LogP contribution >= 0.6 is 0 Å². The third kappa shape index (κ3) is 5.55. The Bertz CT molecular complexity index is 653. The molecule has 0 spiro atoms. The molecule has 2 amide bonds. The number of carbonyl (C=O) groups is 2. The standard InChI is InChI=1S/C22H33N3O2/c1-24(2)22(27)18-9-6-8-17(14-18)15-25-13-7-10-19(16-25)21(26)23-20-11-4-3-5-12-20/h6,8-9,14,19-20H,3-5,7,10-13,15-16H2,1-2H3,(H,23,26)/t19-/m0/s1. The second kappa shape index (κ2) is 9.36. The van der Waals surface area contributed by atoms with Crippen LogP contribution in [0.3, 0.4) is 0 Å². The van der Waals surface area contributed by atoms with Crippen molar-refractivity contribution in [2.45, 2.75) is 57.5 Å². The van der Waals surface area contributed by atoms with Crippen molar-refractivity contribution in [1.29, 1.82) is 0 Å². The van der Waals surface area contributed by atoms with Gasteiger partial charge in [-0.1, -0.05) is 31.4 Å². The molecule has 1 saturated heterocycles. The summed E-state index contributed by atoms with van der Waals surface area (Å²) >= 11 is 0. The van der Waals surface area contributed by atoms with Crippen LogP contribution in [0.2, 0.25) is 0 Å². The van der Waals surface area contributed by atoms with Crippen molar-refractivity contribution in [2.24, 2.45) is 5.92 Å². The van der Waals surface area contributed by atoms with Crippen molar-refractivity contribution in [3.63, 3.8) is 0 Å². The summed E-state index contributed by atoms with van der Waals surface area (Å²) in [5.41, 5.74) is 1.86. The number of hydrogen-bond donors (Lipinski definition) is 1. The molecule has 1 saturated carbocycles. The van der Waals surface area contributed by atoms with E-state index in [9.17, 15) is 9.59 Å². The highest BCUT2D eigenvalue weighted by Crippen LogP contribution is 2.22. The highest BCUT2D eigenvalue weighted by atomic mass is 16.2. The number of amides is 2. The summed E-state index contributed by atoms with van der Waals surface area (Å²) in [4.78, 5) is 28.8. The number of carbonyl (C=O) groups excluding carboxylic acids is 2.